The molecule has 3 rings (SSSR count). The van der Waals surface area contributed by atoms with Crippen LogP contribution in [0.25, 0.3) is 0 Å². The molecule has 158 valence electrons. The van der Waals surface area contributed by atoms with Gasteiger partial charge in [0, 0.05) is 22.2 Å². The number of carboxylic acids is 1. The van der Waals surface area contributed by atoms with Crippen molar-refractivity contribution in [2.45, 2.75) is 11.4 Å². The number of rotatable bonds is 8. The number of hydrogen-bond acceptors (Lipinski definition) is 11. The zero-order valence-electron chi connectivity index (χ0n) is 14.8. The molecule has 6 N–H and O–H groups in total. The Hall–Kier alpha value is -3.04. The average Bonchev–Trinajstić information content (AvgIpc) is 3.15. The van der Waals surface area contributed by atoms with E-state index in [-0.39, 0.29) is 22.3 Å². The number of hydrogen-bond donors (Lipinski definition) is 5. The molecule has 0 aromatic carbocycles. The van der Waals surface area contributed by atoms with Gasteiger partial charge in [-0.05, 0) is 5.41 Å². The summed E-state index contributed by atoms with van der Waals surface area (Å²) in [5.74, 6) is -2.46. The first kappa shape index (κ1) is 21.7. The number of oxime groups is 1. The highest BCUT2D eigenvalue weighted by molar-refractivity contribution is 8.08. The maximum absolute atomic E-state index is 12.6. The molecule has 1 fully saturated rings. The molecular formula is C15H14N6O6S3. The van der Waals surface area contributed by atoms with Crippen LogP contribution < -0.4 is 16.4 Å². The number of nitrogens with one attached hydrogen (secondary N) is 2. The number of thiazole rings is 1. The number of thioether (sulfide) groups is 2. The largest absolute Gasteiger partial charge is 0.477 e. The fourth-order valence-electron chi connectivity index (χ4n) is 2.69. The summed E-state index contributed by atoms with van der Waals surface area (Å²) in [6.07, 6.45) is 1.80. The average molecular weight is 471 g/mol. The van der Waals surface area contributed by atoms with Gasteiger partial charge >= 0.3 is 5.97 Å². The first-order valence-electron chi connectivity index (χ1n) is 8.05. The van der Waals surface area contributed by atoms with Crippen molar-refractivity contribution < 1.29 is 29.5 Å². The minimum Gasteiger partial charge on any atom is -0.477 e. The zero-order valence-corrected chi connectivity index (χ0v) is 17.3. The Morgan fingerprint density at radius 2 is 2.23 bits per heavy atom. The number of β-lactam (4-membered cyclic amide) rings is 1. The predicted molar refractivity (Wildman–Crippen MR) is 110 cm³/mol. The molecule has 1 saturated heterocycles. The Kier molecular flexibility index (Phi) is 6.63. The molecule has 3 heterocycles. The van der Waals surface area contributed by atoms with Crippen molar-refractivity contribution in [1.29, 1.82) is 0 Å². The van der Waals surface area contributed by atoms with E-state index in [9.17, 15) is 24.3 Å². The number of aromatic nitrogens is 1. The summed E-state index contributed by atoms with van der Waals surface area (Å²) in [7, 11) is 0. The van der Waals surface area contributed by atoms with E-state index in [0.717, 1.165) is 28.0 Å². The fraction of sp³-hybridized carbons (Fsp3) is 0.200. The van der Waals surface area contributed by atoms with Crippen LogP contribution in [0.15, 0.2) is 32.7 Å². The van der Waals surface area contributed by atoms with E-state index in [0.29, 0.717) is 11.3 Å². The zero-order chi connectivity index (χ0) is 21.8. The van der Waals surface area contributed by atoms with Gasteiger partial charge in [0.05, 0.1) is 0 Å². The highest BCUT2D eigenvalue weighted by Crippen LogP contribution is 2.43. The number of anilines is 1. The molecule has 0 radical (unpaired) electrons. The van der Waals surface area contributed by atoms with Gasteiger partial charge in [-0.1, -0.05) is 16.9 Å². The Bertz CT molecular complexity index is 989. The third-order valence-corrected chi connectivity index (χ3v) is 6.98. The van der Waals surface area contributed by atoms with Crippen LogP contribution in [-0.2, 0) is 19.2 Å². The normalized spacial score (nSPS) is 21.3. The van der Waals surface area contributed by atoms with Crippen molar-refractivity contribution in [2.24, 2.45) is 5.16 Å². The summed E-state index contributed by atoms with van der Waals surface area (Å²) in [6.45, 7) is 0. The van der Waals surface area contributed by atoms with Crippen molar-refractivity contribution in [1.82, 2.24) is 20.5 Å². The molecule has 0 spiro atoms. The van der Waals surface area contributed by atoms with Crippen LogP contribution in [0.2, 0.25) is 0 Å². The first-order chi connectivity index (χ1) is 14.4. The Morgan fingerprint density at radius 1 is 1.47 bits per heavy atom. The van der Waals surface area contributed by atoms with Crippen LogP contribution in [0.4, 0.5) is 5.13 Å². The first-order valence-corrected chi connectivity index (χ1v) is 10.9. The number of nitrogens with two attached hydrogens (primary N) is 1. The van der Waals surface area contributed by atoms with Crippen LogP contribution in [-0.4, -0.2) is 67.3 Å². The molecule has 15 heteroatoms. The van der Waals surface area contributed by atoms with E-state index in [1.165, 1.54) is 28.7 Å². The topological polar surface area (TPSA) is 187 Å². The molecule has 0 saturated carbocycles. The van der Waals surface area contributed by atoms with Crippen molar-refractivity contribution in [3.05, 3.63) is 33.3 Å². The summed E-state index contributed by atoms with van der Waals surface area (Å²) in [5.41, 5.74) is 4.98. The van der Waals surface area contributed by atoms with Crippen LogP contribution in [0.5, 0.6) is 0 Å². The molecule has 12 nitrogen and oxygen atoms in total. The van der Waals surface area contributed by atoms with Gasteiger partial charge in [0.25, 0.3) is 11.8 Å². The summed E-state index contributed by atoms with van der Waals surface area (Å²) >= 11 is 3.38. The second kappa shape index (κ2) is 9.19. The summed E-state index contributed by atoms with van der Waals surface area (Å²) in [6, 6.07) is -0.997. The van der Waals surface area contributed by atoms with E-state index < -0.39 is 34.9 Å². The van der Waals surface area contributed by atoms with Gasteiger partial charge in [0.2, 0.25) is 6.41 Å². The van der Waals surface area contributed by atoms with Gasteiger partial charge in [-0.2, -0.15) is 0 Å². The molecule has 1 aromatic heterocycles. The minimum absolute atomic E-state index is 0.0537. The highest BCUT2D eigenvalue weighted by Gasteiger charge is 2.54. The summed E-state index contributed by atoms with van der Waals surface area (Å²) in [4.78, 5) is 52.4. The Labute approximate surface area is 181 Å². The van der Waals surface area contributed by atoms with E-state index >= 15 is 0 Å². The lowest BCUT2D eigenvalue weighted by Gasteiger charge is -2.49. The second-order valence-corrected chi connectivity index (χ2v) is 8.66. The van der Waals surface area contributed by atoms with Crippen LogP contribution in [0.3, 0.4) is 0 Å². The smallest absolute Gasteiger partial charge is 0.353 e. The van der Waals surface area contributed by atoms with E-state index in [2.05, 4.69) is 20.8 Å². The number of aliphatic carboxylic acids is 1. The third kappa shape index (κ3) is 4.12. The number of carbonyl (C=O) groups is 4. The van der Waals surface area contributed by atoms with E-state index in [1.54, 1.807) is 0 Å². The van der Waals surface area contributed by atoms with Crippen molar-refractivity contribution in [3.8, 4) is 0 Å². The quantitative estimate of drug-likeness (QED) is 0.109. The second-order valence-electron chi connectivity index (χ2n) is 5.66. The van der Waals surface area contributed by atoms with Gasteiger partial charge in [-0.3, -0.25) is 19.3 Å². The molecule has 2 aliphatic heterocycles. The van der Waals surface area contributed by atoms with Gasteiger partial charge in [-0.25, -0.2) is 9.78 Å². The lowest BCUT2D eigenvalue weighted by atomic mass is 10.0. The maximum Gasteiger partial charge on any atom is 0.353 e. The molecule has 1 unspecified atom stereocenters. The molecule has 1 aromatic rings. The monoisotopic (exact) mass is 470 g/mol. The molecule has 30 heavy (non-hydrogen) atoms. The van der Waals surface area contributed by atoms with E-state index in [4.69, 9.17) is 10.9 Å². The van der Waals surface area contributed by atoms with E-state index in [1.807, 2.05) is 0 Å². The lowest BCUT2D eigenvalue weighted by Crippen LogP contribution is -2.71. The molecular weight excluding hydrogens is 456 g/mol. The summed E-state index contributed by atoms with van der Waals surface area (Å²) in [5, 5.41) is 28.9. The maximum atomic E-state index is 12.6. The molecule has 2 atom stereocenters. The number of nitrogens with zero attached hydrogens (tertiary/aromatic N) is 3. The lowest BCUT2D eigenvalue weighted by molar-refractivity contribution is -0.150. The van der Waals surface area contributed by atoms with Crippen LogP contribution in [0.1, 0.15) is 5.69 Å². The molecule has 3 amide bonds. The van der Waals surface area contributed by atoms with Gasteiger partial charge in [0.1, 0.15) is 22.8 Å². The Morgan fingerprint density at radius 3 is 2.83 bits per heavy atom. The number of nitrogen functional groups attached to an aromatic ring is 1. The minimum atomic E-state index is -1.28. The van der Waals surface area contributed by atoms with Gasteiger partial charge in [-0.15, -0.1) is 23.1 Å². The summed E-state index contributed by atoms with van der Waals surface area (Å²) < 4.78 is 0. The molecule has 2 aliphatic rings. The van der Waals surface area contributed by atoms with Crippen molar-refractivity contribution in [3.63, 3.8) is 0 Å². The standard InChI is InChI=1S/C15H14N6O6S3/c16-15-18-6(3-30-15)8(20-27)11(23)19-9-12(24)21-10(14(25)26)7(4-29-13(9)21)28-2-1-17-5-22/h1-3,5,9,13,27H,4H2,(H2,16,18)(H,17,22)(H,19,23)(H,25,26)/b2-1-,20-8-/t9?,13-/m1/s1. The van der Waals surface area contributed by atoms with Crippen LogP contribution >= 0.6 is 34.9 Å². The number of carbonyl (C=O) groups excluding carboxylic acids is 3. The predicted octanol–water partition coefficient (Wildman–Crippen LogP) is -0.450. The molecule has 0 bridgehead atoms. The Balaban J connectivity index is 1.74. The van der Waals surface area contributed by atoms with Gasteiger partial charge in [0.15, 0.2) is 10.8 Å². The molecule has 0 aliphatic carbocycles. The number of fused-ring (bicyclic) bond motifs is 1. The van der Waals surface area contributed by atoms with Crippen molar-refractivity contribution in [2.75, 3.05) is 11.5 Å². The SMILES string of the molecule is Nc1nc(/C(=N/O)C(=O)NC2C(=O)N3C(C(=O)O)=C(S/C=C\NC=O)CS[C@H]23)cs1. The highest BCUT2D eigenvalue weighted by atomic mass is 32.2. The third-order valence-electron chi connectivity index (χ3n) is 3.94. The van der Waals surface area contributed by atoms with Crippen LogP contribution in [0, 0.1) is 0 Å². The van der Waals surface area contributed by atoms with Gasteiger partial charge < -0.3 is 26.7 Å². The fourth-order valence-corrected chi connectivity index (χ4v) is 5.52. The number of carboxylic acid groups (broad SMARTS) is 1. The number of amides is 3. The van der Waals surface area contributed by atoms with Crippen molar-refractivity contribution >= 4 is 69.9 Å².